The van der Waals surface area contributed by atoms with Crippen molar-refractivity contribution in [3.8, 4) is 0 Å². The van der Waals surface area contributed by atoms with Crippen LogP contribution in [0.15, 0.2) is 29.2 Å². The molecule has 2 heterocycles. The first-order chi connectivity index (χ1) is 11.9. The minimum absolute atomic E-state index is 0.117. The van der Waals surface area contributed by atoms with Crippen molar-refractivity contribution < 1.29 is 17.9 Å². The Morgan fingerprint density at radius 3 is 2.16 bits per heavy atom. The molecule has 1 amide bonds. The van der Waals surface area contributed by atoms with Crippen molar-refractivity contribution in [3.05, 3.63) is 24.3 Å². The van der Waals surface area contributed by atoms with E-state index in [1.54, 1.807) is 12.1 Å². The first kappa shape index (κ1) is 18.1. The predicted octanol–water partition coefficient (Wildman–Crippen LogP) is -0.685. The Hall–Kier alpha value is -1.68. The summed E-state index contributed by atoms with van der Waals surface area (Å²) in [6, 6.07) is 6.60. The van der Waals surface area contributed by atoms with Crippen LogP contribution in [0.4, 0.5) is 5.69 Å². The number of nitrogens with zero attached hydrogens (tertiary/aromatic N) is 3. The van der Waals surface area contributed by atoms with Crippen LogP contribution in [0.25, 0.3) is 0 Å². The zero-order chi connectivity index (χ0) is 17.9. The summed E-state index contributed by atoms with van der Waals surface area (Å²) in [4.78, 5) is 18.6. The third-order valence-electron chi connectivity index (χ3n) is 4.63. The smallest absolute Gasteiger partial charge is 0.238 e. The lowest BCUT2D eigenvalue weighted by Gasteiger charge is -2.37. The van der Waals surface area contributed by atoms with Gasteiger partial charge in [0.25, 0.3) is 0 Å². The van der Waals surface area contributed by atoms with Gasteiger partial charge in [0, 0.05) is 45.0 Å². The first-order valence-corrected chi connectivity index (χ1v) is 9.94. The van der Waals surface area contributed by atoms with Gasteiger partial charge in [-0.15, -0.1) is 0 Å². The molecule has 2 fully saturated rings. The Kier molecular flexibility index (Phi) is 5.57. The third kappa shape index (κ3) is 4.69. The SMILES string of the molecule is NS(=O)(=O)c1ccc(N2CCN(CC(=O)N3CCOCC3)CC2)cc1. The van der Waals surface area contributed by atoms with Gasteiger partial charge >= 0.3 is 0 Å². The maximum absolute atomic E-state index is 12.3. The Labute approximate surface area is 148 Å². The average molecular weight is 368 g/mol. The average Bonchev–Trinajstić information content (AvgIpc) is 2.62. The molecule has 0 bridgehead atoms. The number of amides is 1. The Morgan fingerprint density at radius 2 is 1.60 bits per heavy atom. The van der Waals surface area contributed by atoms with Gasteiger partial charge in [-0.25, -0.2) is 13.6 Å². The van der Waals surface area contributed by atoms with Gasteiger partial charge in [0.05, 0.1) is 24.7 Å². The second-order valence-corrected chi connectivity index (χ2v) is 7.86. The summed E-state index contributed by atoms with van der Waals surface area (Å²) < 4.78 is 27.9. The fourth-order valence-corrected chi connectivity index (χ4v) is 3.63. The Morgan fingerprint density at radius 1 is 1.00 bits per heavy atom. The highest BCUT2D eigenvalue weighted by molar-refractivity contribution is 7.89. The summed E-state index contributed by atoms with van der Waals surface area (Å²) in [6.07, 6.45) is 0. The van der Waals surface area contributed by atoms with E-state index in [4.69, 9.17) is 9.88 Å². The van der Waals surface area contributed by atoms with Gasteiger partial charge in [0.2, 0.25) is 15.9 Å². The number of carbonyl (C=O) groups is 1. The normalized spacial score (nSPS) is 19.9. The number of hydrogen-bond donors (Lipinski definition) is 1. The summed E-state index contributed by atoms with van der Waals surface area (Å²) in [6.45, 7) is 6.22. The lowest BCUT2D eigenvalue weighted by atomic mass is 10.2. The summed E-state index contributed by atoms with van der Waals surface area (Å²) in [5.74, 6) is 0.161. The largest absolute Gasteiger partial charge is 0.378 e. The molecule has 9 heteroatoms. The number of anilines is 1. The van der Waals surface area contributed by atoms with E-state index in [1.165, 1.54) is 12.1 Å². The van der Waals surface area contributed by atoms with Crippen LogP contribution >= 0.6 is 0 Å². The van der Waals surface area contributed by atoms with Gasteiger partial charge in [0.1, 0.15) is 0 Å². The summed E-state index contributed by atoms with van der Waals surface area (Å²) in [5, 5.41) is 5.12. The van der Waals surface area contributed by atoms with Crippen molar-refractivity contribution in [1.82, 2.24) is 9.80 Å². The zero-order valence-corrected chi connectivity index (χ0v) is 15.0. The van der Waals surface area contributed by atoms with Crippen molar-refractivity contribution in [3.63, 3.8) is 0 Å². The number of morpholine rings is 1. The van der Waals surface area contributed by atoms with E-state index in [0.717, 1.165) is 31.9 Å². The summed E-state index contributed by atoms with van der Waals surface area (Å²) in [7, 11) is -3.66. The van der Waals surface area contributed by atoms with Crippen LogP contribution in [0.3, 0.4) is 0 Å². The molecule has 2 aliphatic rings. The van der Waals surface area contributed by atoms with Crippen LogP contribution in [-0.2, 0) is 19.6 Å². The molecule has 1 aromatic rings. The van der Waals surface area contributed by atoms with E-state index in [9.17, 15) is 13.2 Å². The standard InChI is InChI=1S/C16H24N4O4S/c17-25(22,23)15-3-1-14(2-4-15)19-7-5-18(6-8-19)13-16(21)20-9-11-24-12-10-20/h1-4H,5-13H2,(H2,17,22,23). The van der Waals surface area contributed by atoms with E-state index >= 15 is 0 Å². The van der Waals surface area contributed by atoms with Gasteiger partial charge < -0.3 is 14.5 Å². The minimum Gasteiger partial charge on any atom is -0.378 e. The summed E-state index contributed by atoms with van der Waals surface area (Å²) in [5.41, 5.74) is 0.964. The van der Waals surface area contributed by atoms with Crippen LogP contribution in [-0.4, -0.2) is 83.2 Å². The number of nitrogens with two attached hydrogens (primary N) is 1. The molecule has 2 saturated heterocycles. The molecule has 0 spiro atoms. The fraction of sp³-hybridized carbons (Fsp3) is 0.562. The molecule has 8 nitrogen and oxygen atoms in total. The van der Waals surface area contributed by atoms with E-state index < -0.39 is 10.0 Å². The van der Waals surface area contributed by atoms with Crippen LogP contribution in [0, 0.1) is 0 Å². The lowest BCUT2D eigenvalue weighted by Crippen LogP contribution is -2.51. The molecule has 25 heavy (non-hydrogen) atoms. The highest BCUT2D eigenvalue weighted by atomic mass is 32.2. The number of primary sulfonamides is 1. The molecule has 138 valence electrons. The van der Waals surface area contributed by atoms with Gasteiger partial charge in [-0.1, -0.05) is 0 Å². The number of sulfonamides is 1. The summed E-state index contributed by atoms with van der Waals surface area (Å²) >= 11 is 0. The molecule has 0 radical (unpaired) electrons. The second-order valence-electron chi connectivity index (χ2n) is 6.30. The highest BCUT2D eigenvalue weighted by Gasteiger charge is 2.23. The molecule has 3 rings (SSSR count). The van der Waals surface area contributed by atoms with E-state index in [-0.39, 0.29) is 10.8 Å². The predicted molar refractivity (Wildman–Crippen MR) is 93.9 cm³/mol. The van der Waals surface area contributed by atoms with Crippen LogP contribution < -0.4 is 10.0 Å². The number of hydrogen-bond acceptors (Lipinski definition) is 6. The first-order valence-electron chi connectivity index (χ1n) is 8.39. The molecule has 0 atom stereocenters. The second kappa shape index (κ2) is 7.69. The molecule has 2 aliphatic heterocycles. The number of rotatable bonds is 4. The van der Waals surface area contributed by atoms with Gasteiger partial charge in [-0.3, -0.25) is 9.69 Å². The van der Waals surface area contributed by atoms with Gasteiger partial charge in [-0.05, 0) is 24.3 Å². The Bertz CT molecular complexity index is 693. The topological polar surface area (TPSA) is 96.2 Å². The Balaban J connectivity index is 1.50. The molecular formula is C16H24N4O4S. The van der Waals surface area contributed by atoms with E-state index in [1.807, 2.05) is 4.90 Å². The zero-order valence-electron chi connectivity index (χ0n) is 14.1. The molecule has 1 aromatic carbocycles. The molecular weight excluding hydrogens is 344 g/mol. The molecule has 0 saturated carbocycles. The van der Waals surface area contributed by atoms with E-state index in [0.29, 0.717) is 32.8 Å². The van der Waals surface area contributed by atoms with Crippen LogP contribution in [0.1, 0.15) is 0 Å². The fourth-order valence-electron chi connectivity index (χ4n) is 3.11. The van der Waals surface area contributed by atoms with Crippen LogP contribution in [0.5, 0.6) is 0 Å². The number of carbonyl (C=O) groups excluding carboxylic acids is 1. The van der Waals surface area contributed by atoms with Crippen molar-refractivity contribution >= 4 is 21.6 Å². The van der Waals surface area contributed by atoms with Crippen molar-refractivity contribution in [2.75, 3.05) is 63.9 Å². The third-order valence-corrected chi connectivity index (χ3v) is 5.55. The van der Waals surface area contributed by atoms with Gasteiger partial charge in [0.15, 0.2) is 0 Å². The van der Waals surface area contributed by atoms with Crippen LogP contribution in [0.2, 0.25) is 0 Å². The number of benzene rings is 1. The van der Waals surface area contributed by atoms with Crippen molar-refractivity contribution in [2.45, 2.75) is 4.90 Å². The van der Waals surface area contributed by atoms with Crippen molar-refractivity contribution in [2.24, 2.45) is 5.14 Å². The molecule has 0 aliphatic carbocycles. The highest BCUT2D eigenvalue weighted by Crippen LogP contribution is 2.19. The molecule has 0 unspecified atom stereocenters. The quantitative estimate of drug-likeness (QED) is 0.756. The van der Waals surface area contributed by atoms with Gasteiger partial charge in [-0.2, -0.15) is 0 Å². The monoisotopic (exact) mass is 368 g/mol. The van der Waals surface area contributed by atoms with E-state index in [2.05, 4.69) is 9.80 Å². The number of piperazine rings is 1. The maximum Gasteiger partial charge on any atom is 0.238 e. The number of ether oxygens (including phenoxy) is 1. The maximum atomic E-state index is 12.3. The van der Waals surface area contributed by atoms with Crippen molar-refractivity contribution in [1.29, 1.82) is 0 Å². The molecule has 0 aromatic heterocycles. The minimum atomic E-state index is -3.66. The molecule has 2 N–H and O–H groups in total. The lowest BCUT2D eigenvalue weighted by molar-refractivity contribution is -0.136.